The maximum Gasteiger partial charge on any atom is 0.345 e. The van der Waals surface area contributed by atoms with Gasteiger partial charge in [-0.2, -0.15) is 4.98 Å². The molecule has 2 rings (SSSR count). The first-order valence-electron chi connectivity index (χ1n) is 7.70. The lowest BCUT2D eigenvalue weighted by Crippen LogP contribution is -2.27. The van der Waals surface area contributed by atoms with Gasteiger partial charge in [0.15, 0.2) is 0 Å². The van der Waals surface area contributed by atoms with Gasteiger partial charge in [-0.3, -0.25) is 4.79 Å². The number of H-pyrrole nitrogens is 1. The molecule has 0 saturated heterocycles. The molecule has 0 aliphatic carbocycles. The maximum atomic E-state index is 12.2. The predicted octanol–water partition coefficient (Wildman–Crippen LogP) is 2.88. The molecule has 1 amide bonds. The molecule has 5 nitrogen and oxygen atoms in total. The summed E-state index contributed by atoms with van der Waals surface area (Å²) in [5.41, 5.74) is 3.25. The average molecular weight is 333 g/mol. The Labute approximate surface area is 140 Å². The number of hydrogen-bond donors (Lipinski definition) is 2. The van der Waals surface area contributed by atoms with Crippen LogP contribution in [0.4, 0.5) is 0 Å². The lowest BCUT2D eigenvalue weighted by Gasteiger charge is -2.14. The van der Waals surface area contributed by atoms with Gasteiger partial charge < -0.3 is 10.3 Å². The van der Waals surface area contributed by atoms with Crippen molar-refractivity contribution in [1.82, 2.24) is 15.3 Å². The smallest absolute Gasteiger partial charge is 0.345 e. The van der Waals surface area contributed by atoms with E-state index in [2.05, 4.69) is 35.2 Å². The van der Waals surface area contributed by atoms with Crippen molar-refractivity contribution in [2.75, 3.05) is 0 Å². The van der Waals surface area contributed by atoms with Gasteiger partial charge in [0.05, 0.1) is 6.04 Å². The Hall–Kier alpha value is -1.95. The van der Waals surface area contributed by atoms with Crippen LogP contribution in [0.25, 0.3) is 0 Å². The number of thiophene rings is 1. The fourth-order valence-electron chi connectivity index (χ4n) is 2.83. The standard InChI is InChI=1S/C17H23N3O2S/c1-9-8-15(13(5)23-9)12(4)18-16(21)7-6-14-10(2)19-17(22)20-11(14)3/h8,12H,6-7H2,1-5H3,(H,18,21)(H,19,20,22)/t12-/m0/s1. The second-order valence-electron chi connectivity index (χ2n) is 5.89. The monoisotopic (exact) mass is 333 g/mol. The molecule has 0 aliphatic rings. The highest BCUT2D eigenvalue weighted by Crippen LogP contribution is 2.26. The van der Waals surface area contributed by atoms with Gasteiger partial charge in [0.25, 0.3) is 0 Å². The van der Waals surface area contributed by atoms with E-state index in [9.17, 15) is 9.59 Å². The van der Waals surface area contributed by atoms with Gasteiger partial charge in [0, 0.05) is 27.6 Å². The van der Waals surface area contributed by atoms with Crippen LogP contribution in [0.5, 0.6) is 0 Å². The Morgan fingerprint density at radius 2 is 2.04 bits per heavy atom. The molecule has 0 bridgehead atoms. The Bertz CT molecular complexity index is 750. The largest absolute Gasteiger partial charge is 0.350 e. The molecule has 1 atom stereocenters. The van der Waals surface area contributed by atoms with Crippen LogP contribution in [0.1, 0.15) is 51.7 Å². The molecule has 0 radical (unpaired) electrons. The van der Waals surface area contributed by atoms with Crippen molar-refractivity contribution in [3.8, 4) is 0 Å². The molecule has 6 heteroatoms. The van der Waals surface area contributed by atoms with Crippen LogP contribution in [-0.4, -0.2) is 15.9 Å². The van der Waals surface area contributed by atoms with E-state index in [1.54, 1.807) is 18.3 Å². The molecule has 0 aromatic carbocycles. The van der Waals surface area contributed by atoms with Gasteiger partial charge in [0.1, 0.15) is 0 Å². The van der Waals surface area contributed by atoms with Crippen LogP contribution >= 0.6 is 11.3 Å². The Morgan fingerprint density at radius 1 is 1.35 bits per heavy atom. The van der Waals surface area contributed by atoms with E-state index < -0.39 is 0 Å². The van der Waals surface area contributed by atoms with E-state index >= 15 is 0 Å². The molecule has 0 saturated carbocycles. The summed E-state index contributed by atoms with van der Waals surface area (Å²) in [6.07, 6.45) is 0.948. The molecule has 0 unspecified atom stereocenters. The minimum atomic E-state index is -0.342. The average Bonchev–Trinajstić information content (AvgIpc) is 2.76. The van der Waals surface area contributed by atoms with Crippen LogP contribution in [0, 0.1) is 27.7 Å². The van der Waals surface area contributed by atoms with Crippen LogP contribution in [0.2, 0.25) is 0 Å². The topological polar surface area (TPSA) is 74.8 Å². The van der Waals surface area contributed by atoms with Crippen molar-refractivity contribution in [3.63, 3.8) is 0 Å². The molecule has 2 N–H and O–H groups in total. The number of amides is 1. The van der Waals surface area contributed by atoms with Gasteiger partial charge in [-0.1, -0.05) is 0 Å². The molecular weight excluding hydrogens is 310 g/mol. The quantitative estimate of drug-likeness (QED) is 0.883. The summed E-state index contributed by atoms with van der Waals surface area (Å²) in [5, 5.41) is 3.05. The number of aromatic nitrogens is 2. The number of carbonyl (C=O) groups is 1. The van der Waals surface area contributed by atoms with Crippen molar-refractivity contribution in [2.45, 2.75) is 53.5 Å². The van der Waals surface area contributed by atoms with Gasteiger partial charge in [0.2, 0.25) is 5.91 Å². The van der Waals surface area contributed by atoms with Crippen LogP contribution < -0.4 is 11.0 Å². The van der Waals surface area contributed by atoms with Gasteiger partial charge in [-0.05, 0) is 58.2 Å². The first-order chi connectivity index (χ1) is 10.8. The molecule has 0 aliphatic heterocycles. The summed E-state index contributed by atoms with van der Waals surface area (Å²) < 4.78 is 0. The maximum absolute atomic E-state index is 12.2. The van der Waals surface area contributed by atoms with E-state index in [0.717, 1.165) is 11.3 Å². The van der Waals surface area contributed by atoms with Crippen molar-refractivity contribution in [2.24, 2.45) is 0 Å². The summed E-state index contributed by atoms with van der Waals surface area (Å²) in [7, 11) is 0. The van der Waals surface area contributed by atoms with E-state index in [1.165, 1.54) is 15.3 Å². The molecule has 23 heavy (non-hydrogen) atoms. The third kappa shape index (κ3) is 4.28. The highest BCUT2D eigenvalue weighted by Gasteiger charge is 2.15. The zero-order valence-corrected chi connectivity index (χ0v) is 15.1. The lowest BCUT2D eigenvalue weighted by molar-refractivity contribution is -0.121. The molecule has 0 fully saturated rings. The van der Waals surface area contributed by atoms with Crippen molar-refractivity contribution >= 4 is 17.2 Å². The number of aromatic amines is 1. The summed E-state index contributed by atoms with van der Waals surface area (Å²) in [5.74, 6) is 0.00533. The number of aryl methyl sites for hydroxylation is 4. The fourth-order valence-corrected chi connectivity index (χ4v) is 3.86. The zero-order chi connectivity index (χ0) is 17.1. The van der Waals surface area contributed by atoms with Gasteiger partial charge in [-0.15, -0.1) is 11.3 Å². The van der Waals surface area contributed by atoms with Gasteiger partial charge >= 0.3 is 5.69 Å². The van der Waals surface area contributed by atoms with E-state index in [4.69, 9.17) is 0 Å². The third-order valence-corrected chi connectivity index (χ3v) is 4.96. The molecule has 2 aromatic rings. The number of carbonyl (C=O) groups excluding carboxylic acids is 1. The third-order valence-electron chi connectivity index (χ3n) is 3.98. The highest BCUT2D eigenvalue weighted by atomic mass is 32.1. The minimum absolute atomic E-state index is 0.00310. The van der Waals surface area contributed by atoms with E-state index in [0.29, 0.717) is 18.5 Å². The highest BCUT2D eigenvalue weighted by molar-refractivity contribution is 7.12. The summed E-state index contributed by atoms with van der Waals surface area (Å²) >= 11 is 1.75. The van der Waals surface area contributed by atoms with Crippen molar-refractivity contribution in [1.29, 1.82) is 0 Å². The molecule has 0 spiro atoms. The molecule has 124 valence electrons. The predicted molar refractivity (Wildman–Crippen MR) is 93.0 cm³/mol. The fraction of sp³-hybridized carbons (Fsp3) is 0.471. The number of nitrogens with zero attached hydrogens (tertiary/aromatic N) is 1. The lowest BCUT2D eigenvalue weighted by atomic mass is 10.1. The van der Waals surface area contributed by atoms with Crippen LogP contribution in [0.3, 0.4) is 0 Å². The number of hydrogen-bond acceptors (Lipinski definition) is 4. The Morgan fingerprint density at radius 3 is 2.61 bits per heavy atom. The second kappa shape index (κ2) is 7.08. The van der Waals surface area contributed by atoms with Crippen LogP contribution in [0.15, 0.2) is 10.9 Å². The van der Waals surface area contributed by atoms with E-state index in [-0.39, 0.29) is 17.6 Å². The normalized spacial score (nSPS) is 12.2. The SMILES string of the molecule is Cc1cc([C@H](C)NC(=O)CCc2c(C)nc(=O)[nH]c2C)c(C)s1. The molecular formula is C17H23N3O2S. The second-order valence-corrected chi connectivity index (χ2v) is 7.35. The van der Waals surface area contributed by atoms with Gasteiger partial charge in [-0.25, -0.2) is 4.79 Å². The van der Waals surface area contributed by atoms with E-state index in [1.807, 2.05) is 13.8 Å². The van der Waals surface area contributed by atoms with Crippen molar-refractivity contribution < 1.29 is 4.79 Å². The summed E-state index contributed by atoms with van der Waals surface area (Å²) in [6, 6.07) is 2.13. The van der Waals surface area contributed by atoms with Crippen LogP contribution in [-0.2, 0) is 11.2 Å². The summed E-state index contributed by atoms with van der Waals surface area (Å²) in [6.45, 7) is 9.79. The first kappa shape index (κ1) is 17.4. The first-order valence-corrected chi connectivity index (χ1v) is 8.52. The summed E-state index contributed by atoms with van der Waals surface area (Å²) in [4.78, 5) is 32.6. The Balaban J connectivity index is 1.98. The number of nitrogens with one attached hydrogen (secondary N) is 2. The minimum Gasteiger partial charge on any atom is -0.350 e. The number of rotatable bonds is 5. The Kier molecular flexibility index (Phi) is 5.36. The molecule has 2 aromatic heterocycles. The van der Waals surface area contributed by atoms with Crippen molar-refractivity contribution in [3.05, 3.63) is 48.8 Å². The molecule has 2 heterocycles. The zero-order valence-electron chi connectivity index (χ0n) is 14.2.